The Morgan fingerprint density at radius 2 is 2.26 bits per heavy atom. The van der Waals surface area contributed by atoms with E-state index in [0.29, 0.717) is 24.4 Å². The summed E-state index contributed by atoms with van der Waals surface area (Å²) in [7, 11) is 0. The normalized spacial score (nSPS) is 29.6. The van der Waals surface area contributed by atoms with Crippen molar-refractivity contribution >= 4 is 5.91 Å². The van der Waals surface area contributed by atoms with Crippen LogP contribution >= 0.6 is 0 Å². The Labute approximate surface area is 115 Å². The van der Waals surface area contributed by atoms with Crippen LogP contribution in [0.3, 0.4) is 0 Å². The minimum atomic E-state index is 0.286. The number of hydrogen-bond donors (Lipinski definition) is 1. The lowest BCUT2D eigenvalue weighted by atomic mass is 10.0. The molecule has 1 aromatic carbocycles. The van der Waals surface area contributed by atoms with Crippen LogP contribution in [-0.4, -0.2) is 36.0 Å². The molecule has 1 aromatic rings. The molecule has 2 saturated heterocycles. The van der Waals surface area contributed by atoms with Crippen molar-refractivity contribution in [2.45, 2.75) is 38.8 Å². The quantitative estimate of drug-likeness (QED) is 0.876. The van der Waals surface area contributed by atoms with Gasteiger partial charge in [0.15, 0.2) is 0 Å². The van der Waals surface area contributed by atoms with Gasteiger partial charge in [0.2, 0.25) is 5.91 Å². The molecule has 0 spiro atoms. The molecule has 3 heteroatoms. The molecule has 0 aliphatic carbocycles. The maximum absolute atomic E-state index is 12.6. The number of carbonyl (C=O) groups is 1. The fourth-order valence-corrected chi connectivity index (χ4v) is 3.68. The molecule has 3 unspecified atom stereocenters. The second kappa shape index (κ2) is 4.97. The first-order valence-corrected chi connectivity index (χ1v) is 7.22. The Kier molecular flexibility index (Phi) is 3.31. The number of carbonyl (C=O) groups excluding carboxylic acids is 1. The van der Waals surface area contributed by atoms with Crippen molar-refractivity contribution in [1.82, 2.24) is 10.2 Å². The van der Waals surface area contributed by atoms with Gasteiger partial charge in [-0.3, -0.25) is 4.79 Å². The summed E-state index contributed by atoms with van der Waals surface area (Å²) in [5, 5.41) is 3.41. The second-order valence-electron chi connectivity index (χ2n) is 6.04. The Balaban J connectivity index is 1.73. The summed E-state index contributed by atoms with van der Waals surface area (Å²) >= 11 is 0. The van der Waals surface area contributed by atoms with Gasteiger partial charge in [0, 0.05) is 25.2 Å². The Morgan fingerprint density at radius 1 is 1.42 bits per heavy atom. The van der Waals surface area contributed by atoms with Crippen LogP contribution < -0.4 is 5.32 Å². The van der Waals surface area contributed by atoms with Crippen LogP contribution in [0, 0.1) is 12.8 Å². The maximum Gasteiger partial charge on any atom is 0.227 e. The number of fused-ring (bicyclic) bond motifs is 1. The summed E-state index contributed by atoms with van der Waals surface area (Å²) < 4.78 is 0. The first-order valence-electron chi connectivity index (χ1n) is 7.22. The average Bonchev–Trinajstić information content (AvgIpc) is 2.88. The number of amides is 1. The minimum absolute atomic E-state index is 0.286. The minimum Gasteiger partial charge on any atom is -0.335 e. The number of benzene rings is 1. The molecule has 0 aromatic heterocycles. The van der Waals surface area contributed by atoms with E-state index < -0.39 is 0 Å². The first-order chi connectivity index (χ1) is 9.15. The summed E-state index contributed by atoms with van der Waals surface area (Å²) in [5.41, 5.74) is 2.35. The van der Waals surface area contributed by atoms with Gasteiger partial charge in [0.1, 0.15) is 0 Å². The fraction of sp³-hybridized carbons (Fsp3) is 0.562. The van der Waals surface area contributed by atoms with Gasteiger partial charge < -0.3 is 10.2 Å². The van der Waals surface area contributed by atoms with Gasteiger partial charge in [-0.15, -0.1) is 0 Å². The van der Waals surface area contributed by atoms with E-state index in [-0.39, 0.29) is 5.91 Å². The highest BCUT2D eigenvalue weighted by Crippen LogP contribution is 2.32. The number of nitrogens with zero attached hydrogens (tertiary/aromatic N) is 1. The van der Waals surface area contributed by atoms with Gasteiger partial charge in [-0.25, -0.2) is 0 Å². The molecule has 1 N–H and O–H groups in total. The lowest BCUT2D eigenvalue weighted by Crippen LogP contribution is -2.43. The molecule has 0 bridgehead atoms. The summed E-state index contributed by atoms with van der Waals surface area (Å²) in [5.74, 6) is 0.950. The van der Waals surface area contributed by atoms with E-state index in [2.05, 4.69) is 42.3 Å². The molecule has 0 radical (unpaired) electrons. The number of aryl methyl sites for hydroxylation is 1. The molecular weight excluding hydrogens is 236 g/mol. The Hall–Kier alpha value is -1.35. The maximum atomic E-state index is 12.6. The average molecular weight is 258 g/mol. The summed E-state index contributed by atoms with van der Waals surface area (Å²) in [6.07, 6.45) is 1.69. The number of rotatable bonds is 2. The van der Waals surface area contributed by atoms with Crippen molar-refractivity contribution in [3.05, 3.63) is 35.4 Å². The highest BCUT2D eigenvalue weighted by molar-refractivity contribution is 5.80. The number of likely N-dealkylation sites (tertiary alicyclic amines) is 1. The van der Waals surface area contributed by atoms with E-state index >= 15 is 0 Å². The van der Waals surface area contributed by atoms with Crippen LogP contribution in [0.4, 0.5) is 0 Å². The van der Waals surface area contributed by atoms with E-state index in [1.54, 1.807) is 0 Å². The van der Waals surface area contributed by atoms with Gasteiger partial charge in [-0.1, -0.05) is 29.8 Å². The van der Waals surface area contributed by atoms with Crippen LogP contribution in [0.15, 0.2) is 24.3 Å². The highest BCUT2D eigenvalue weighted by Gasteiger charge is 2.43. The van der Waals surface area contributed by atoms with Crippen molar-refractivity contribution in [2.75, 3.05) is 13.1 Å². The van der Waals surface area contributed by atoms with E-state index in [4.69, 9.17) is 0 Å². The Morgan fingerprint density at radius 3 is 3.05 bits per heavy atom. The smallest absolute Gasteiger partial charge is 0.227 e. The molecule has 2 heterocycles. The molecule has 2 fully saturated rings. The monoisotopic (exact) mass is 258 g/mol. The van der Waals surface area contributed by atoms with Gasteiger partial charge >= 0.3 is 0 Å². The lowest BCUT2D eigenvalue weighted by Gasteiger charge is -2.27. The molecular formula is C16H22N2O. The van der Waals surface area contributed by atoms with Crippen LogP contribution in [-0.2, 0) is 11.2 Å². The highest BCUT2D eigenvalue weighted by atomic mass is 16.2. The second-order valence-corrected chi connectivity index (χ2v) is 6.04. The zero-order chi connectivity index (χ0) is 13.4. The predicted molar refractivity (Wildman–Crippen MR) is 76.0 cm³/mol. The van der Waals surface area contributed by atoms with Gasteiger partial charge in [0.25, 0.3) is 0 Å². The van der Waals surface area contributed by atoms with Crippen molar-refractivity contribution in [3.63, 3.8) is 0 Å². The molecule has 102 valence electrons. The number of nitrogens with one attached hydrogen (secondary N) is 1. The topological polar surface area (TPSA) is 32.3 Å². The Bertz CT molecular complexity index is 485. The summed E-state index contributed by atoms with van der Waals surface area (Å²) in [6.45, 7) is 6.30. The zero-order valence-corrected chi connectivity index (χ0v) is 11.7. The van der Waals surface area contributed by atoms with E-state index in [0.717, 1.165) is 25.1 Å². The van der Waals surface area contributed by atoms with Crippen LogP contribution in [0.5, 0.6) is 0 Å². The largest absolute Gasteiger partial charge is 0.335 e. The molecule has 19 heavy (non-hydrogen) atoms. The third-order valence-corrected chi connectivity index (χ3v) is 4.51. The van der Waals surface area contributed by atoms with Crippen LogP contribution in [0.2, 0.25) is 0 Å². The SMILES string of the molecule is Cc1cccc(CC(=O)N2C(C)CC3CNCC32)c1. The van der Waals surface area contributed by atoms with Crippen molar-refractivity contribution < 1.29 is 4.79 Å². The first kappa shape index (κ1) is 12.7. The molecule has 2 aliphatic heterocycles. The van der Waals surface area contributed by atoms with Crippen molar-refractivity contribution in [3.8, 4) is 0 Å². The third-order valence-electron chi connectivity index (χ3n) is 4.51. The van der Waals surface area contributed by atoms with Gasteiger partial charge in [-0.2, -0.15) is 0 Å². The van der Waals surface area contributed by atoms with E-state index in [1.807, 2.05) is 6.07 Å². The van der Waals surface area contributed by atoms with Crippen molar-refractivity contribution in [1.29, 1.82) is 0 Å². The van der Waals surface area contributed by atoms with Gasteiger partial charge in [-0.05, 0) is 31.7 Å². The number of hydrogen-bond acceptors (Lipinski definition) is 2. The van der Waals surface area contributed by atoms with Crippen LogP contribution in [0.25, 0.3) is 0 Å². The molecule has 3 rings (SSSR count). The fourth-order valence-electron chi connectivity index (χ4n) is 3.68. The summed E-state index contributed by atoms with van der Waals surface area (Å²) in [4.78, 5) is 14.7. The molecule has 3 atom stereocenters. The van der Waals surface area contributed by atoms with Crippen molar-refractivity contribution in [2.24, 2.45) is 5.92 Å². The standard InChI is InChI=1S/C16H22N2O/c1-11-4-3-5-13(6-11)8-16(19)18-12(2)7-14-9-17-10-15(14)18/h3-6,12,14-15,17H,7-10H2,1-2H3. The zero-order valence-electron chi connectivity index (χ0n) is 11.7. The summed E-state index contributed by atoms with van der Waals surface area (Å²) in [6, 6.07) is 9.09. The van der Waals surface area contributed by atoms with E-state index in [1.165, 1.54) is 5.56 Å². The third kappa shape index (κ3) is 2.39. The van der Waals surface area contributed by atoms with Crippen LogP contribution in [0.1, 0.15) is 24.5 Å². The molecule has 3 nitrogen and oxygen atoms in total. The van der Waals surface area contributed by atoms with Gasteiger partial charge in [0.05, 0.1) is 6.42 Å². The van der Waals surface area contributed by atoms with E-state index in [9.17, 15) is 4.79 Å². The molecule has 2 aliphatic rings. The predicted octanol–water partition coefficient (Wildman–Crippen LogP) is 1.75. The lowest BCUT2D eigenvalue weighted by molar-refractivity contribution is -0.133. The molecule has 1 amide bonds. The molecule has 0 saturated carbocycles.